The topological polar surface area (TPSA) is 127 Å². The Morgan fingerprint density at radius 1 is 0.919 bits per heavy atom. The molecule has 0 aromatic heterocycles. The van der Waals surface area contributed by atoms with Gasteiger partial charge in [-0.15, -0.1) is 0 Å². The van der Waals surface area contributed by atoms with E-state index in [1.54, 1.807) is 43.5 Å². The zero-order valence-corrected chi connectivity index (χ0v) is 21.9. The number of halogens is 2. The lowest BCUT2D eigenvalue weighted by atomic mass is 10.2. The standard InChI is InChI=1S/C25H22FIN4O6/c1-35-19-9-7-17(8-10-19)29-22(32)14-37-23-20(27)11-15(12-21(23)36-2)13-28-31-25(34)24(33)30-18-5-3-16(26)4-6-18/h3-13H,14H2,1-2H3,(H,29,32)(H,30,33)(H,31,34)/b28-13-. The van der Waals surface area contributed by atoms with Gasteiger partial charge in [-0.2, -0.15) is 5.10 Å². The number of nitrogens with one attached hydrogen (secondary N) is 3. The molecule has 0 radical (unpaired) electrons. The highest BCUT2D eigenvalue weighted by atomic mass is 127. The molecule has 0 saturated heterocycles. The molecular weight excluding hydrogens is 598 g/mol. The Bertz CT molecular complexity index is 1300. The molecule has 10 nitrogen and oxygen atoms in total. The number of hydrazone groups is 1. The lowest BCUT2D eigenvalue weighted by Crippen LogP contribution is -2.32. The number of hydrogen-bond acceptors (Lipinski definition) is 7. The van der Waals surface area contributed by atoms with Crippen LogP contribution in [0.2, 0.25) is 0 Å². The van der Waals surface area contributed by atoms with Crippen molar-refractivity contribution in [2.45, 2.75) is 0 Å². The highest BCUT2D eigenvalue weighted by Gasteiger charge is 2.15. The van der Waals surface area contributed by atoms with Gasteiger partial charge in [0.25, 0.3) is 5.91 Å². The minimum atomic E-state index is -1.01. The summed E-state index contributed by atoms with van der Waals surface area (Å²) in [6.45, 7) is -0.259. The van der Waals surface area contributed by atoms with Gasteiger partial charge in [0.05, 0.1) is 24.0 Å². The van der Waals surface area contributed by atoms with E-state index in [9.17, 15) is 18.8 Å². The molecule has 37 heavy (non-hydrogen) atoms. The highest BCUT2D eigenvalue weighted by molar-refractivity contribution is 14.1. The largest absolute Gasteiger partial charge is 0.497 e. The average molecular weight is 620 g/mol. The van der Waals surface area contributed by atoms with Crippen LogP contribution in [-0.2, 0) is 14.4 Å². The molecule has 0 heterocycles. The number of ether oxygens (including phenoxy) is 3. The number of carbonyl (C=O) groups excluding carboxylic acids is 3. The summed E-state index contributed by atoms with van der Waals surface area (Å²) >= 11 is 2.01. The summed E-state index contributed by atoms with van der Waals surface area (Å²) in [7, 11) is 3.00. The first-order chi connectivity index (χ1) is 17.8. The summed E-state index contributed by atoms with van der Waals surface area (Å²) in [5.74, 6) is -1.44. The van der Waals surface area contributed by atoms with E-state index in [4.69, 9.17) is 14.2 Å². The van der Waals surface area contributed by atoms with Gasteiger partial charge in [-0.25, -0.2) is 9.82 Å². The third-order valence-corrected chi connectivity index (χ3v) is 5.46. The van der Waals surface area contributed by atoms with E-state index in [0.29, 0.717) is 32.1 Å². The maximum Gasteiger partial charge on any atom is 0.329 e. The van der Waals surface area contributed by atoms with Crippen molar-refractivity contribution in [2.24, 2.45) is 5.10 Å². The van der Waals surface area contributed by atoms with Gasteiger partial charge in [0.2, 0.25) is 0 Å². The molecule has 0 unspecified atom stereocenters. The number of rotatable bonds is 9. The van der Waals surface area contributed by atoms with Crippen molar-refractivity contribution < 1.29 is 33.0 Å². The van der Waals surface area contributed by atoms with E-state index >= 15 is 0 Å². The van der Waals surface area contributed by atoms with Gasteiger partial charge < -0.3 is 24.8 Å². The van der Waals surface area contributed by atoms with Crippen LogP contribution < -0.4 is 30.3 Å². The van der Waals surface area contributed by atoms with E-state index in [1.807, 2.05) is 22.6 Å². The average Bonchev–Trinajstić information content (AvgIpc) is 2.89. The first kappa shape index (κ1) is 27.4. The van der Waals surface area contributed by atoms with Gasteiger partial charge in [-0.1, -0.05) is 0 Å². The molecule has 0 aliphatic rings. The lowest BCUT2D eigenvalue weighted by Gasteiger charge is -2.13. The number of methoxy groups -OCH3 is 2. The number of amides is 3. The Morgan fingerprint density at radius 2 is 1.57 bits per heavy atom. The predicted molar refractivity (Wildman–Crippen MR) is 144 cm³/mol. The molecular formula is C25H22FIN4O6. The number of hydrogen-bond donors (Lipinski definition) is 3. The van der Waals surface area contributed by atoms with Gasteiger partial charge in [-0.05, 0) is 88.8 Å². The van der Waals surface area contributed by atoms with E-state index in [1.165, 1.54) is 25.5 Å². The van der Waals surface area contributed by atoms with Gasteiger partial charge in [0.15, 0.2) is 18.1 Å². The molecule has 192 valence electrons. The van der Waals surface area contributed by atoms with E-state index in [2.05, 4.69) is 21.2 Å². The van der Waals surface area contributed by atoms with E-state index < -0.39 is 17.6 Å². The second-order valence-corrected chi connectivity index (χ2v) is 8.42. The van der Waals surface area contributed by atoms with Crippen LogP contribution in [0.5, 0.6) is 17.2 Å². The first-order valence-corrected chi connectivity index (χ1v) is 11.7. The zero-order chi connectivity index (χ0) is 26.8. The van der Waals surface area contributed by atoms with Crippen molar-refractivity contribution in [1.82, 2.24) is 5.43 Å². The third kappa shape index (κ3) is 8.17. The van der Waals surface area contributed by atoms with Crippen LogP contribution in [0.25, 0.3) is 0 Å². The van der Waals surface area contributed by atoms with Crippen molar-refractivity contribution in [3.05, 3.63) is 75.6 Å². The maximum absolute atomic E-state index is 12.9. The Morgan fingerprint density at radius 3 is 2.22 bits per heavy atom. The fourth-order valence-electron chi connectivity index (χ4n) is 2.90. The van der Waals surface area contributed by atoms with Crippen molar-refractivity contribution in [1.29, 1.82) is 0 Å². The number of nitrogens with zero attached hydrogens (tertiary/aromatic N) is 1. The van der Waals surface area contributed by atoms with Crippen LogP contribution in [0, 0.1) is 9.39 Å². The van der Waals surface area contributed by atoms with Crippen molar-refractivity contribution in [2.75, 3.05) is 31.5 Å². The smallest absolute Gasteiger partial charge is 0.329 e. The molecule has 0 atom stereocenters. The Labute approximate surface area is 225 Å². The molecule has 0 aliphatic heterocycles. The van der Waals surface area contributed by atoms with E-state index in [-0.39, 0.29) is 18.2 Å². The second kappa shape index (κ2) is 13.2. The second-order valence-electron chi connectivity index (χ2n) is 7.26. The molecule has 3 aromatic rings. The normalized spacial score (nSPS) is 10.5. The fraction of sp³-hybridized carbons (Fsp3) is 0.120. The molecule has 12 heteroatoms. The molecule has 3 N–H and O–H groups in total. The molecule has 0 saturated carbocycles. The third-order valence-electron chi connectivity index (χ3n) is 4.66. The summed E-state index contributed by atoms with van der Waals surface area (Å²) < 4.78 is 29.7. The summed E-state index contributed by atoms with van der Waals surface area (Å²) in [5.41, 5.74) is 3.51. The van der Waals surface area contributed by atoms with Crippen LogP contribution in [0.15, 0.2) is 65.8 Å². The Kier molecular flexibility index (Phi) is 9.77. The predicted octanol–water partition coefficient (Wildman–Crippen LogP) is 3.55. The molecule has 0 spiro atoms. The van der Waals surface area contributed by atoms with Crippen LogP contribution in [0.1, 0.15) is 5.56 Å². The zero-order valence-electron chi connectivity index (χ0n) is 19.7. The van der Waals surface area contributed by atoms with Crippen LogP contribution in [-0.4, -0.2) is 44.8 Å². The summed E-state index contributed by atoms with van der Waals surface area (Å²) in [4.78, 5) is 36.2. The van der Waals surface area contributed by atoms with Crippen molar-refractivity contribution in [3.8, 4) is 17.2 Å². The maximum atomic E-state index is 12.9. The Balaban J connectivity index is 1.56. The molecule has 3 amide bonds. The Hall–Kier alpha value is -4.20. The summed E-state index contributed by atoms with van der Waals surface area (Å²) in [5, 5.41) is 8.83. The molecule has 0 aliphatic carbocycles. The SMILES string of the molecule is COc1ccc(NC(=O)COc2c(I)cc(/C=N\NC(=O)C(=O)Nc3ccc(F)cc3)cc2OC)cc1. The fourth-order valence-corrected chi connectivity index (χ4v) is 3.68. The van der Waals surface area contributed by atoms with Gasteiger partial charge in [0, 0.05) is 11.4 Å². The van der Waals surface area contributed by atoms with Gasteiger partial charge in [-0.3, -0.25) is 14.4 Å². The number of anilines is 2. The van der Waals surface area contributed by atoms with Gasteiger partial charge >= 0.3 is 11.8 Å². The quantitative estimate of drug-likeness (QED) is 0.145. The van der Waals surface area contributed by atoms with Gasteiger partial charge in [0.1, 0.15) is 11.6 Å². The van der Waals surface area contributed by atoms with Crippen LogP contribution >= 0.6 is 22.6 Å². The van der Waals surface area contributed by atoms with Crippen molar-refractivity contribution >= 4 is 57.9 Å². The number of benzene rings is 3. The van der Waals surface area contributed by atoms with Crippen LogP contribution in [0.3, 0.4) is 0 Å². The highest BCUT2D eigenvalue weighted by Crippen LogP contribution is 2.33. The van der Waals surface area contributed by atoms with Crippen molar-refractivity contribution in [3.63, 3.8) is 0 Å². The minimum absolute atomic E-state index is 0.259. The van der Waals surface area contributed by atoms with E-state index in [0.717, 1.165) is 12.1 Å². The minimum Gasteiger partial charge on any atom is -0.497 e. The molecule has 0 fully saturated rings. The number of carbonyl (C=O) groups is 3. The van der Waals surface area contributed by atoms with Crippen LogP contribution in [0.4, 0.5) is 15.8 Å². The molecule has 3 aromatic carbocycles. The summed E-state index contributed by atoms with van der Waals surface area (Å²) in [6.07, 6.45) is 1.31. The monoisotopic (exact) mass is 620 g/mol. The lowest BCUT2D eigenvalue weighted by molar-refractivity contribution is -0.136. The molecule has 0 bridgehead atoms. The summed E-state index contributed by atoms with van der Waals surface area (Å²) in [6, 6.07) is 15.1. The molecule has 3 rings (SSSR count). The first-order valence-electron chi connectivity index (χ1n) is 10.6.